The highest BCUT2D eigenvalue weighted by molar-refractivity contribution is 5.73. The highest BCUT2D eigenvalue weighted by Crippen LogP contribution is 2.36. The fourth-order valence-electron chi connectivity index (χ4n) is 1.87. The third-order valence-corrected chi connectivity index (χ3v) is 2.71. The van der Waals surface area contributed by atoms with Crippen molar-refractivity contribution < 1.29 is 19.0 Å². The summed E-state index contributed by atoms with van der Waals surface area (Å²) < 4.78 is 15.5. The molecule has 1 aromatic carbocycles. The van der Waals surface area contributed by atoms with Crippen LogP contribution in [0.2, 0.25) is 0 Å². The first kappa shape index (κ1) is 10.8. The largest absolute Gasteiger partial charge is 0.493 e. The number of esters is 1. The molecule has 0 saturated carbocycles. The zero-order valence-electron chi connectivity index (χ0n) is 9.36. The Balaban J connectivity index is 2.25. The zero-order chi connectivity index (χ0) is 11.5. The van der Waals surface area contributed by atoms with Crippen molar-refractivity contribution in [3.63, 3.8) is 0 Å². The van der Waals surface area contributed by atoms with Crippen LogP contribution in [-0.4, -0.2) is 26.8 Å². The van der Waals surface area contributed by atoms with Gasteiger partial charge in [-0.3, -0.25) is 4.79 Å². The average Bonchev–Trinajstić information content (AvgIpc) is 2.36. The van der Waals surface area contributed by atoms with Crippen LogP contribution >= 0.6 is 0 Å². The SMILES string of the molecule is COC(=O)[C@H]1COc2c(cccc2OC)C1. The molecule has 86 valence electrons. The van der Waals surface area contributed by atoms with Gasteiger partial charge >= 0.3 is 5.97 Å². The summed E-state index contributed by atoms with van der Waals surface area (Å²) in [6.45, 7) is 0.347. The van der Waals surface area contributed by atoms with Gasteiger partial charge in [0.05, 0.1) is 20.1 Å². The lowest BCUT2D eigenvalue weighted by molar-refractivity contribution is -0.146. The van der Waals surface area contributed by atoms with Gasteiger partial charge in [-0.2, -0.15) is 0 Å². The Morgan fingerprint density at radius 1 is 1.44 bits per heavy atom. The van der Waals surface area contributed by atoms with Gasteiger partial charge in [0.25, 0.3) is 0 Å². The van der Waals surface area contributed by atoms with Crippen molar-refractivity contribution in [3.8, 4) is 11.5 Å². The number of hydrogen-bond donors (Lipinski definition) is 0. The predicted molar refractivity (Wildman–Crippen MR) is 57.7 cm³/mol. The van der Waals surface area contributed by atoms with Crippen molar-refractivity contribution in [3.05, 3.63) is 23.8 Å². The minimum Gasteiger partial charge on any atom is -0.493 e. The molecule has 0 spiro atoms. The minimum atomic E-state index is -0.228. The van der Waals surface area contributed by atoms with Crippen LogP contribution in [-0.2, 0) is 16.0 Å². The van der Waals surface area contributed by atoms with Gasteiger partial charge in [-0.25, -0.2) is 0 Å². The number of carbonyl (C=O) groups is 1. The first-order valence-corrected chi connectivity index (χ1v) is 5.12. The number of carbonyl (C=O) groups excluding carboxylic acids is 1. The van der Waals surface area contributed by atoms with Crippen molar-refractivity contribution in [2.45, 2.75) is 6.42 Å². The van der Waals surface area contributed by atoms with Crippen molar-refractivity contribution in [1.29, 1.82) is 0 Å². The van der Waals surface area contributed by atoms with Gasteiger partial charge in [-0.1, -0.05) is 12.1 Å². The standard InChI is InChI=1S/C12H14O4/c1-14-10-5-3-4-8-6-9(12(13)15-2)7-16-11(8)10/h3-5,9H,6-7H2,1-2H3/t9-/m1/s1. The van der Waals surface area contributed by atoms with E-state index in [1.54, 1.807) is 7.11 Å². The van der Waals surface area contributed by atoms with E-state index in [1.807, 2.05) is 18.2 Å². The van der Waals surface area contributed by atoms with Crippen molar-refractivity contribution in [1.82, 2.24) is 0 Å². The molecule has 2 rings (SSSR count). The summed E-state index contributed by atoms with van der Waals surface area (Å²) in [4.78, 5) is 11.4. The third kappa shape index (κ3) is 1.83. The number of para-hydroxylation sites is 1. The maximum Gasteiger partial charge on any atom is 0.312 e. The van der Waals surface area contributed by atoms with Crippen LogP contribution in [0.3, 0.4) is 0 Å². The smallest absolute Gasteiger partial charge is 0.312 e. The molecule has 0 aliphatic carbocycles. The molecule has 0 aromatic heterocycles. The van der Waals surface area contributed by atoms with E-state index in [2.05, 4.69) is 0 Å². The Labute approximate surface area is 94.1 Å². The second-order valence-corrected chi connectivity index (χ2v) is 3.68. The van der Waals surface area contributed by atoms with E-state index < -0.39 is 0 Å². The predicted octanol–water partition coefficient (Wildman–Crippen LogP) is 1.42. The summed E-state index contributed by atoms with van der Waals surface area (Å²) in [5.74, 6) is 1.00. The Morgan fingerprint density at radius 3 is 2.94 bits per heavy atom. The number of rotatable bonds is 2. The molecule has 4 nitrogen and oxygen atoms in total. The summed E-state index contributed by atoms with van der Waals surface area (Å²) in [5, 5.41) is 0. The van der Waals surface area contributed by atoms with Gasteiger partial charge in [0.2, 0.25) is 0 Å². The summed E-state index contributed by atoms with van der Waals surface area (Å²) in [7, 11) is 2.99. The molecule has 16 heavy (non-hydrogen) atoms. The first-order valence-electron chi connectivity index (χ1n) is 5.12. The van der Waals surface area contributed by atoms with E-state index >= 15 is 0 Å². The number of ether oxygens (including phenoxy) is 3. The van der Waals surface area contributed by atoms with E-state index in [-0.39, 0.29) is 11.9 Å². The number of methoxy groups -OCH3 is 2. The van der Waals surface area contributed by atoms with Crippen LogP contribution in [0.1, 0.15) is 5.56 Å². The second kappa shape index (κ2) is 4.43. The zero-order valence-corrected chi connectivity index (χ0v) is 9.36. The average molecular weight is 222 g/mol. The first-order chi connectivity index (χ1) is 7.76. The maximum absolute atomic E-state index is 11.4. The fourth-order valence-corrected chi connectivity index (χ4v) is 1.87. The fraction of sp³-hybridized carbons (Fsp3) is 0.417. The van der Waals surface area contributed by atoms with Crippen LogP contribution in [0.25, 0.3) is 0 Å². The lowest BCUT2D eigenvalue weighted by Gasteiger charge is -2.24. The highest BCUT2D eigenvalue weighted by atomic mass is 16.5. The Bertz CT molecular complexity index is 400. The van der Waals surface area contributed by atoms with Gasteiger partial charge < -0.3 is 14.2 Å². The molecule has 0 amide bonds. The van der Waals surface area contributed by atoms with Gasteiger partial charge in [-0.15, -0.1) is 0 Å². The number of benzene rings is 1. The molecule has 1 heterocycles. The van der Waals surface area contributed by atoms with Crippen LogP contribution in [0.5, 0.6) is 11.5 Å². The summed E-state index contributed by atoms with van der Waals surface area (Å²) in [5.41, 5.74) is 0.987. The molecule has 0 N–H and O–H groups in total. The van der Waals surface area contributed by atoms with Crippen molar-refractivity contribution in [2.24, 2.45) is 5.92 Å². The molecule has 0 bridgehead atoms. The molecule has 0 saturated heterocycles. The van der Waals surface area contributed by atoms with Gasteiger partial charge in [0.15, 0.2) is 11.5 Å². The number of fused-ring (bicyclic) bond motifs is 1. The summed E-state index contributed by atoms with van der Waals surface area (Å²) in [6, 6.07) is 5.67. The van der Waals surface area contributed by atoms with Gasteiger partial charge in [0, 0.05) is 0 Å². The summed E-state index contributed by atoms with van der Waals surface area (Å²) in [6.07, 6.45) is 0.638. The van der Waals surface area contributed by atoms with Crippen molar-refractivity contribution in [2.75, 3.05) is 20.8 Å². The second-order valence-electron chi connectivity index (χ2n) is 3.68. The highest BCUT2D eigenvalue weighted by Gasteiger charge is 2.28. The van der Waals surface area contributed by atoms with Crippen molar-refractivity contribution >= 4 is 5.97 Å². The van der Waals surface area contributed by atoms with Crippen LogP contribution in [0, 0.1) is 5.92 Å². The third-order valence-electron chi connectivity index (χ3n) is 2.71. The topological polar surface area (TPSA) is 44.8 Å². The quantitative estimate of drug-likeness (QED) is 0.710. The lowest BCUT2D eigenvalue weighted by Crippen LogP contribution is -2.29. The van der Waals surface area contributed by atoms with Crippen LogP contribution in [0.15, 0.2) is 18.2 Å². The van der Waals surface area contributed by atoms with E-state index in [4.69, 9.17) is 14.2 Å². The Hall–Kier alpha value is -1.71. The van der Waals surface area contributed by atoms with Crippen LogP contribution < -0.4 is 9.47 Å². The Morgan fingerprint density at radius 2 is 2.25 bits per heavy atom. The van der Waals surface area contributed by atoms with E-state index in [1.165, 1.54) is 7.11 Å². The monoisotopic (exact) mass is 222 g/mol. The van der Waals surface area contributed by atoms with Crippen LogP contribution in [0.4, 0.5) is 0 Å². The number of hydrogen-bond acceptors (Lipinski definition) is 4. The molecule has 0 radical (unpaired) electrons. The van der Waals surface area contributed by atoms with E-state index in [0.29, 0.717) is 18.8 Å². The van der Waals surface area contributed by atoms with Gasteiger partial charge in [0.1, 0.15) is 6.61 Å². The summed E-state index contributed by atoms with van der Waals surface area (Å²) >= 11 is 0. The molecule has 1 aromatic rings. The molecular weight excluding hydrogens is 208 g/mol. The lowest BCUT2D eigenvalue weighted by atomic mass is 9.96. The molecule has 1 atom stereocenters. The van der Waals surface area contributed by atoms with E-state index in [0.717, 1.165) is 11.3 Å². The maximum atomic E-state index is 11.4. The molecule has 1 aliphatic rings. The molecule has 1 aliphatic heterocycles. The molecule has 4 heteroatoms. The normalized spacial score (nSPS) is 18.2. The molecule has 0 unspecified atom stereocenters. The Kier molecular flexibility index (Phi) is 2.99. The van der Waals surface area contributed by atoms with E-state index in [9.17, 15) is 4.79 Å². The van der Waals surface area contributed by atoms with Gasteiger partial charge in [-0.05, 0) is 18.1 Å². The molecule has 0 fully saturated rings. The minimum absolute atomic E-state index is 0.218. The molecular formula is C12H14O4.